The van der Waals surface area contributed by atoms with Crippen molar-refractivity contribution in [3.8, 4) is 11.8 Å². The number of anilines is 2. The van der Waals surface area contributed by atoms with Crippen molar-refractivity contribution in [3.05, 3.63) is 41.5 Å². The van der Waals surface area contributed by atoms with Crippen LogP contribution in [0.1, 0.15) is 36.2 Å². The van der Waals surface area contributed by atoms with Crippen LogP contribution in [0.3, 0.4) is 0 Å². The minimum atomic E-state index is 0.0258. The molecule has 1 aliphatic heterocycles. The average Bonchev–Trinajstić information content (AvgIpc) is 3.35. The number of carbonyl (C=O) groups excluding carboxylic acids is 1. The Bertz CT molecular complexity index is 1230. The second kappa shape index (κ2) is 7.67. The summed E-state index contributed by atoms with van der Waals surface area (Å²) in [5, 5.41) is 12.3. The lowest BCUT2D eigenvalue weighted by Gasteiger charge is -2.25. The van der Waals surface area contributed by atoms with Crippen molar-refractivity contribution in [2.75, 3.05) is 30.9 Å². The molecule has 4 heterocycles. The van der Waals surface area contributed by atoms with E-state index in [2.05, 4.69) is 44.5 Å². The standard InChI is InChI=1S/C23H24N6O2/c1-13-6-18(13)23(30)27-21-7-19-15(8-26-22(24-3)20(19)9-25-21)4-5-16-10-29(28-14(16)2)17-11-31-12-17/h7-10,13,17-18H,6,11-12H2,1-3H3,(H,24,26)(H,25,27,30)/t13-,18+/m1/s1. The van der Waals surface area contributed by atoms with Crippen LogP contribution in [0.5, 0.6) is 0 Å². The average molecular weight is 416 g/mol. The first kappa shape index (κ1) is 19.5. The van der Waals surface area contributed by atoms with Gasteiger partial charge in [0.05, 0.1) is 36.1 Å². The van der Waals surface area contributed by atoms with Gasteiger partial charge in [-0.15, -0.1) is 0 Å². The molecule has 2 atom stereocenters. The molecule has 2 aliphatic rings. The summed E-state index contributed by atoms with van der Waals surface area (Å²) in [5.74, 6) is 8.28. The molecule has 0 aromatic carbocycles. The largest absolute Gasteiger partial charge is 0.377 e. The van der Waals surface area contributed by atoms with Gasteiger partial charge in [-0.1, -0.05) is 18.8 Å². The third-order valence-corrected chi connectivity index (χ3v) is 5.95. The molecular weight excluding hydrogens is 392 g/mol. The van der Waals surface area contributed by atoms with E-state index in [1.165, 1.54) is 0 Å². The van der Waals surface area contributed by atoms with Crippen molar-refractivity contribution in [2.45, 2.75) is 26.3 Å². The summed E-state index contributed by atoms with van der Waals surface area (Å²) in [6.07, 6.45) is 6.38. The molecule has 0 spiro atoms. The van der Waals surface area contributed by atoms with Crippen LogP contribution in [0.4, 0.5) is 11.6 Å². The Morgan fingerprint density at radius 3 is 2.65 bits per heavy atom. The third kappa shape index (κ3) is 3.73. The molecule has 2 fully saturated rings. The number of ether oxygens (including phenoxy) is 1. The summed E-state index contributed by atoms with van der Waals surface area (Å²) in [6, 6.07) is 2.16. The Morgan fingerprint density at radius 1 is 1.19 bits per heavy atom. The van der Waals surface area contributed by atoms with Crippen molar-refractivity contribution in [1.82, 2.24) is 19.7 Å². The zero-order valence-corrected chi connectivity index (χ0v) is 17.8. The van der Waals surface area contributed by atoms with Gasteiger partial charge in [-0.05, 0) is 25.3 Å². The van der Waals surface area contributed by atoms with Gasteiger partial charge in [-0.25, -0.2) is 9.97 Å². The summed E-state index contributed by atoms with van der Waals surface area (Å²) in [5.41, 5.74) is 2.53. The van der Waals surface area contributed by atoms with E-state index in [0.717, 1.165) is 39.8 Å². The summed E-state index contributed by atoms with van der Waals surface area (Å²) < 4.78 is 7.18. The molecular formula is C23H24N6O2. The molecule has 0 unspecified atom stereocenters. The van der Waals surface area contributed by atoms with Gasteiger partial charge in [0, 0.05) is 42.3 Å². The van der Waals surface area contributed by atoms with Crippen LogP contribution < -0.4 is 10.6 Å². The van der Waals surface area contributed by atoms with Crippen LogP contribution in [0.15, 0.2) is 24.7 Å². The lowest BCUT2D eigenvalue weighted by Crippen LogP contribution is -2.30. The van der Waals surface area contributed by atoms with Gasteiger partial charge in [0.1, 0.15) is 11.6 Å². The van der Waals surface area contributed by atoms with E-state index in [4.69, 9.17) is 4.74 Å². The van der Waals surface area contributed by atoms with E-state index in [1.807, 2.05) is 30.9 Å². The van der Waals surface area contributed by atoms with Gasteiger partial charge in [0.2, 0.25) is 5.91 Å². The van der Waals surface area contributed by atoms with Crippen molar-refractivity contribution >= 4 is 28.3 Å². The van der Waals surface area contributed by atoms with Crippen molar-refractivity contribution < 1.29 is 9.53 Å². The van der Waals surface area contributed by atoms with E-state index in [-0.39, 0.29) is 17.9 Å². The number of nitrogens with zero attached hydrogens (tertiary/aromatic N) is 4. The number of rotatable bonds is 4. The van der Waals surface area contributed by atoms with E-state index in [1.54, 1.807) is 12.4 Å². The molecule has 0 bridgehead atoms. The van der Waals surface area contributed by atoms with Gasteiger partial charge in [0.25, 0.3) is 0 Å². The molecule has 8 heteroatoms. The Morgan fingerprint density at radius 2 is 1.97 bits per heavy atom. The number of nitrogens with one attached hydrogen (secondary N) is 2. The predicted molar refractivity (Wildman–Crippen MR) is 118 cm³/mol. The second-order valence-electron chi connectivity index (χ2n) is 8.24. The highest BCUT2D eigenvalue weighted by molar-refractivity contribution is 5.99. The monoisotopic (exact) mass is 416 g/mol. The first-order valence-electron chi connectivity index (χ1n) is 10.5. The molecule has 3 aromatic rings. The van der Waals surface area contributed by atoms with Crippen molar-refractivity contribution in [2.24, 2.45) is 11.8 Å². The highest BCUT2D eigenvalue weighted by Gasteiger charge is 2.39. The molecule has 1 aliphatic carbocycles. The zero-order valence-electron chi connectivity index (χ0n) is 17.8. The highest BCUT2D eigenvalue weighted by Crippen LogP contribution is 2.38. The smallest absolute Gasteiger partial charge is 0.228 e. The first-order chi connectivity index (χ1) is 15.0. The molecule has 5 rings (SSSR count). The first-order valence-corrected chi connectivity index (χ1v) is 10.5. The van der Waals surface area contributed by atoms with E-state index >= 15 is 0 Å². The van der Waals surface area contributed by atoms with Crippen LogP contribution in [0.25, 0.3) is 10.8 Å². The van der Waals surface area contributed by atoms with Gasteiger partial charge in [-0.2, -0.15) is 5.10 Å². The molecule has 1 amide bonds. The molecule has 3 aromatic heterocycles. The van der Waals surface area contributed by atoms with E-state index in [0.29, 0.717) is 24.9 Å². The fourth-order valence-electron chi connectivity index (χ4n) is 3.71. The van der Waals surface area contributed by atoms with Gasteiger partial charge in [-0.3, -0.25) is 9.48 Å². The maximum absolute atomic E-state index is 12.3. The normalized spacial score (nSPS) is 20.0. The maximum Gasteiger partial charge on any atom is 0.228 e. The number of hydrogen-bond acceptors (Lipinski definition) is 6. The van der Waals surface area contributed by atoms with Crippen LogP contribution in [-0.4, -0.2) is 45.9 Å². The maximum atomic E-state index is 12.3. The number of amides is 1. The summed E-state index contributed by atoms with van der Waals surface area (Å²) in [7, 11) is 1.82. The number of fused-ring (bicyclic) bond motifs is 1. The Kier molecular flexibility index (Phi) is 4.83. The Hall–Kier alpha value is -3.44. The SMILES string of the molecule is CNc1ncc(C#Cc2cn(C3COC3)nc2C)c2cc(NC(=O)[C@H]3C[C@H]3C)ncc12. The fraction of sp³-hybridized carbons (Fsp3) is 0.391. The highest BCUT2D eigenvalue weighted by atomic mass is 16.5. The fourth-order valence-corrected chi connectivity index (χ4v) is 3.71. The van der Waals surface area contributed by atoms with Crippen LogP contribution >= 0.6 is 0 Å². The number of aromatic nitrogens is 4. The Labute approximate surface area is 180 Å². The molecule has 158 valence electrons. The molecule has 1 saturated carbocycles. The number of aryl methyl sites for hydroxylation is 1. The number of hydrogen-bond donors (Lipinski definition) is 2. The minimum absolute atomic E-state index is 0.0258. The lowest BCUT2D eigenvalue weighted by atomic mass is 10.1. The summed E-state index contributed by atoms with van der Waals surface area (Å²) in [4.78, 5) is 21.2. The number of carbonyl (C=O) groups is 1. The second-order valence-corrected chi connectivity index (χ2v) is 8.24. The summed E-state index contributed by atoms with van der Waals surface area (Å²) in [6.45, 7) is 5.42. The summed E-state index contributed by atoms with van der Waals surface area (Å²) >= 11 is 0. The van der Waals surface area contributed by atoms with Gasteiger partial charge < -0.3 is 15.4 Å². The van der Waals surface area contributed by atoms with Crippen molar-refractivity contribution in [3.63, 3.8) is 0 Å². The van der Waals surface area contributed by atoms with Crippen LogP contribution in [0.2, 0.25) is 0 Å². The Balaban J connectivity index is 1.49. The van der Waals surface area contributed by atoms with Crippen LogP contribution in [0, 0.1) is 30.6 Å². The lowest BCUT2D eigenvalue weighted by molar-refractivity contribution is -0.117. The zero-order chi connectivity index (χ0) is 21.5. The topological polar surface area (TPSA) is 94.0 Å². The van der Waals surface area contributed by atoms with Crippen LogP contribution in [-0.2, 0) is 9.53 Å². The molecule has 2 N–H and O–H groups in total. The van der Waals surface area contributed by atoms with Gasteiger partial charge in [0.15, 0.2) is 0 Å². The van der Waals surface area contributed by atoms with E-state index < -0.39 is 0 Å². The quantitative estimate of drug-likeness (QED) is 0.635. The minimum Gasteiger partial charge on any atom is -0.377 e. The molecule has 1 saturated heterocycles. The van der Waals surface area contributed by atoms with Gasteiger partial charge >= 0.3 is 0 Å². The number of pyridine rings is 2. The van der Waals surface area contributed by atoms with E-state index in [9.17, 15) is 4.79 Å². The third-order valence-electron chi connectivity index (χ3n) is 5.95. The molecule has 8 nitrogen and oxygen atoms in total. The van der Waals surface area contributed by atoms with Crippen molar-refractivity contribution in [1.29, 1.82) is 0 Å². The molecule has 0 radical (unpaired) electrons. The molecule has 31 heavy (non-hydrogen) atoms. The predicted octanol–water partition coefficient (Wildman–Crippen LogP) is 2.74.